The lowest BCUT2D eigenvalue weighted by molar-refractivity contribution is -0.124. The average Bonchev–Trinajstić information content (AvgIpc) is 3.01. The maximum Gasteiger partial charge on any atom is 0.338 e. The van der Waals surface area contributed by atoms with E-state index in [1.807, 2.05) is 61.7 Å². The Hall–Kier alpha value is -3.15. The van der Waals surface area contributed by atoms with E-state index in [2.05, 4.69) is 10.3 Å². The van der Waals surface area contributed by atoms with Gasteiger partial charge in [0.25, 0.3) is 5.91 Å². The molecule has 6 heteroatoms. The largest absolute Gasteiger partial charge is 0.452 e. The summed E-state index contributed by atoms with van der Waals surface area (Å²) in [5, 5.41) is 2.76. The molecule has 0 spiro atoms. The molecular weight excluding hydrogens is 342 g/mol. The third kappa shape index (κ3) is 4.16. The monoisotopic (exact) mass is 365 g/mol. The Kier molecular flexibility index (Phi) is 5.54. The van der Waals surface area contributed by atoms with Gasteiger partial charge in [0.05, 0.1) is 16.6 Å². The van der Waals surface area contributed by atoms with E-state index in [4.69, 9.17) is 4.74 Å². The number of fused-ring (bicyclic) bond motifs is 1. The maximum absolute atomic E-state index is 12.3. The van der Waals surface area contributed by atoms with Crippen LogP contribution in [-0.2, 0) is 9.53 Å². The van der Waals surface area contributed by atoms with Gasteiger partial charge in [-0.3, -0.25) is 9.36 Å². The number of aryl methyl sites for hydroxylation is 1. The number of esters is 1. The molecular formula is C21H23N3O3. The van der Waals surface area contributed by atoms with Gasteiger partial charge in [0, 0.05) is 11.7 Å². The summed E-state index contributed by atoms with van der Waals surface area (Å²) >= 11 is 0. The van der Waals surface area contributed by atoms with E-state index in [0.29, 0.717) is 11.1 Å². The number of aromatic nitrogens is 2. The van der Waals surface area contributed by atoms with Crippen LogP contribution in [0.5, 0.6) is 0 Å². The molecule has 1 atom stereocenters. The van der Waals surface area contributed by atoms with Gasteiger partial charge in [-0.1, -0.05) is 25.1 Å². The van der Waals surface area contributed by atoms with Crippen LogP contribution in [0.1, 0.15) is 36.5 Å². The summed E-state index contributed by atoms with van der Waals surface area (Å²) in [6.45, 7) is 5.50. The van der Waals surface area contributed by atoms with Crippen LogP contribution in [0.25, 0.3) is 16.7 Å². The van der Waals surface area contributed by atoms with Crippen molar-refractivity contribution in [1.29, 1.82) is 0 Å². The minimum Gasteiger partial charge on any atom is -0.452 e. The molecule has 27 heavy (non-hydrogen) atoms. The number of amides is 1. The molecule has 1 aromatic heterocycles. The van der Waals surface area contributed by atoms with Crippen molar-refractivity contribution in [3.05, 3.63) is 59.9 Å². The van der Waals surface area contributed by atoms with Crippen molar-refractivity contribution in [2.24, 2.45) is 0 Å². The van der Waals surface area contributed by atoms with Crippen LogP contribution in [-0.4, -0.2) is 34.1 Å². The number of carbonyl (C=O) groups is 2. The van der Waals surface area contributed by atoms with Gasteiger partial charge in [0.1, 0.15) is 5.82 Å². The maximum atomic E-state index is 12.3. The van der Waals surface area contributed by atoms with Crippen LogP contribution < -0.4 is 5.32 Å². The molecule has 0 saturated heterocycles. The molecule has 0 aliphatic carbocycles. The van der Waals surface area contributed by atoms with Gasteiger partial charge in [0.15, 0.2) is 6.61 Å². The van der Waals surface area contributed by atoms with Crippen LogP contribution >= 0.6 is 0 Å². The fourth-order valence-electron chi connectivity index (χ4n) is 2.86. The lowest BCUT2D eigenvalue weighted by Gasteiger charge is -2.11. The number of benzene rings is 2. The molecule has 0 unspecified atom stereocenters. The molecule has 1 heterocycles. The number of hydrogen-bond acceptors (Lipinski definition) is 4. The molecule has 1 amide bonds. The molecule has 140 valence electrons. The molecule has 0 aliphatic heterocycles. The molecule has 0 radical (unpaired) electrons. The van der Waals surface area contributed by atoms with E-state index in [1.165, 1.54) is 0 Å². The molecule has 2 aromatic carbocycles. The second-order valence-electron chi connectivity index (χ2n) is 6.49. The van der Waals surface area contributed by atoms with Crippen LogP contribution in [0.2, 0.25) is 0 Å². The second-order valence-corrected chi connectivity index (χ2v) is 6.49. The van der Waals surface area contributed by atoms with Crippen LogP contribution in [0.15, 0.2) is 48.5 Å². The number of para-hydroxylation sites is 1. The third-order valence-electron chi connectivity index (χ3n) is 4.43. The summed E-state index contributed by atoms with van der Waals surface area (Å²) in [4.78, 5) is 28.6. The molecule has 6 nitrogen and oxygen atoms in total. The molecule has 3 aromatic rings. The van der Waals surface area contributed by atoms with Gasteiger partial charge in [-0.15, -0.1) is 0 Å². The Bertz CT molecular complexity index is 963. The first kappa shape index (κ1) is 18.6. The molecule has 0 saturated carbocycles. The first-order valence-corrected chi connectivity index (χ1v) is 9.00. The Morgan fingerprint density at radius 1 is 1.19 bits per heavy atom. The average molecular weight is 365 g/mol. The number of nitrogens with one attached hydrogen (secondary N) is 1. The Morgan fingerprint density at radius 3 is 2.63 bits per heavy atom. The summed E-state index contributed by atoms with van der Waals surface area (Å²) in [5.74, 6) is -0.0132. The summed E-state index contributed by atoms with van der Waals surface area (Å²) in [6, 6.07) is 15.2. The van der Waals surface area contributed by atoms with Gasteiger partial charge in [0.2, 0.25) is 0 Å². The summed E-state index contributed by atoms with van der Waals surface area (Å²) < 4.78 is 7.15. The third-order valence-corrected chi connectivity index (χ3v) is 4.43. The van der Waals surface area contributed by atoms with Gasteiger partial charge in [-0.2, -0.15) is 0 Å². The Balaban J connectivity index is 1.77. The zero-order valence-electron chi connectivity index (χ0n) is 15.7. The quantitative estimate of drug-likeness (QED) is 0.680. The normalized spacial score (nSPS) is 12.0. The predicted octanol–water partition coefficient (Wildman–Crippen LogP) is 3.41. The molecule has 1 N–H and O–H groups in total. The van der Waals surface area contributed by atoms with Gasteiger partial charge in [-0.25, -0.2) is 9.78 Å². The summed E-state index contributed by atoms with van der Waals surface area (Å²) in [6.07, 6.45) is 0.819. The smallest absolute Gasteiger partial charge is 0.338 e. The van der Waals surface area contributed by atoms with E-state index in [1.54, 1.807) is 12.1 Å². The van der Waals surface area contributed by atoms with E-state index in [9.17, 15) is 9.59 Å². The van der Waals surface area contributed by atoms with Crippen molar-refractivity contribution in [3.63, 3.8) is 0 Å². The van der Waals surface area contributed by atoms with E-state index < -0.39 is 5.97 Å². The van der Waals surface area contributed by atoms with E-state index >= 15 is 0 Å². The highest BCUT2D eigenvalue weighted by Crippen LogP contribution is 2.22. The lowest BCUT2D eigenvalue weighted by atomic mass is 10.2. The minimum absolute atomic E-state index is 0.0532. The van der Waals surface area contributed by atoms with Gasteiger partial charge in [-0.05, 0) is 50.6 Å². The number of nitrogens with zero attached hydrogens (tertiary/aromatic N) is 2. The molecule has 0 bridgehead atoms. The number of carbonyl (C=O) groups excluding carboxylic acids is 2. The number of ether oxygens (including phenoxy) is 1. The van der Waals surface area contributed by atoms with Crippen molar-refractivity contribution in [1.82, 2.24) is 14.9 Å². The first-order chi connectivity index (χ1) is 13.0. The van der Waals surface area contributed by atoms with Gasteiger partial charge >= 0.3 is 5.97 Å². The van der Waals surface area contributed by atoms with Crippen LogP contribution in [0.3, 0.4) is 0 Å². The summed E-state index contributed by atoms with van der Waals surface area (Å²) in [5.41, 5.74) is 2.99. The second kappa shape index (κ2) is 8.03. The highest BCUT2D eigenvalue weighted by Gasteiger charge is 2.15. The molecule has 3 rings (SSSR count). The minimum atomic E-state index is -0.539. The van der Waals surface area contributed by atoms with Crippen LogP contribution in [0, 0.1) is 6.92 Å². The van der Waals surface area contributed by atoms with Crippen LogP contribution in [0.4, 0.5) is 0 Å². The highest BCUT2D eigenvalue weighted by atomic mass is 16.5. The molecule has 0 fully saturated rings. The fraction of sp³-hybridized carbons (Fsp3) is 0.286. The number of imidazole rings is 1. The van der Waals surface area contributed by atoms with Crippen molar-refractivity contribution in [3.8, 4) is 5.69 Å². The molecule has 0 aliphatic rings. The topological polar surface area (TPSA) is 73.2 Å². The fourth-order valence-corrected chi connectivity index (χ4v) is 2.86. The van der Waals surface area contributed by atoms with Crippen molar-refractivity contribution in [2.75, 3.05) is 6.61 Å². The Morgan fingerprint density at radius 2 is 1.93 bits per heavy atom. The van der Waals surface area contributed by atoms with E-state index in [0.717, 1.165) is 23.4 Å². The first-order valence-electron chi connectivity index (χ1n) is 9.00. The number of hydrogen-bond donors (Lipinski definition) is 1. The Labute approximate surface area is 158 Å². The van der Waals surface area contributed by atoms with Crippen molar-refractivity contribution < 1.29 is 14.3 Å². The highest BCUT2D eigenvalue weighted by molar-refractivity contribution is 5.95. The summed E-state index contributed by atoms with van der Waals surface area (Å²) in [7, 11) is 0. The number of rotatable bonds is 6. The van der Waals surface area contributed by atoms with Gasteiger partial charge < -0.3 is 10.1 Å². The standard InChI is InChI=1S/C21H23N3O3/c1-4-14(2)22-20(25)13-27-21(26)16-10-11-19-18(12-16)23-15(3)24(19)17-8-6-5-7-9-17/h5-12,14H,4,13H2,1-3H3,(H,22,25)/t14-/m0/s1. The predicted molar refractivity (Wildman–Crippen MR) is 104 cm³/mol. The SMILES string of the molecule is CC[C@H](C)NC(=O)COC(=O)c1ccc2c(c1)nc(C)n2-c1ccccc1. The van der Waals surface area contributed by atoms with Crippen molar-refractivity contribution >= 4 is 22.9 Å². The zero-order valence-corrected chi connectivity index (χ0v) is 15.7. The zero-order chi connectivity index (χ0) is 19.4. The van der Waals surface area contributed by atoms with Crippen molar-refractivity contribution in [2.45, 2.75) is 33.2 Å². The lowest BCUT2D eigenvalue weighted by Crippen LogP contribution is -2.35. The van der Waals surface area contributed by atoms with E-state index in [-0.39, 0.29) is 18.6 Å².